The number of nitrogens with zero attached hydrogens (tertiary/aromatic N) is 3. The third kappa shape index (κ3) is 1.86. The average Bonchev–Trinajstić information content (AvgIpc) is 2.50. The molecule has 0 saturated heterocycles. The third-order valence-corrected chi connectivity index (χ3v) is 2.49. The van der Waals surface area contributed by atoms with Crippen molar-refractivity contribution in [1.82, 2.24) is 15.0 Å². The Morgan fingerprint density at radius 2 is 2.25 bits per heavy atom. The van der Waals surface area contributed by atoms with Gasteiger partial charge in [0.25, 0.3) is 0 Å². The standard InChI is InChI=1S/C8H14BrN3/c1-4-6(2)12-8(7(3)9)5-10-11-12/h5-7H,4H2,1-3H3. The lowest BCUT2D eigenvalue weighted by molar-refractivity contribution is 0.449. The molecule has 0 fully saturated rings. The lowest BCUT2D eigenvalue weighted by Gasteiger charge is -2.13. The van der Waals surface area contributed by atoms with E-state index >= 15 is 0 Å². The molecule has 1 rings (SSSR count). The maximum atomic E-state index is 4.04. The van der Waals surface area contributed by atoms with Crippen molar-refractivity contribution < 1.29 is 0 Å². The van der Waals surface area contributed by atoms with Gasteiger partial charge in [0.15, 0.2) is 0 Å². The minimum Gasteiger partial charge on any atom is -0.246 e. The van der Waals surface area contributed by atoms with E-state index in [1.165, 1.54) is 0 Å². The quantitative estimate of drug-likeness (QED) is 0.750. The first kappa shape index (κ1) is 9.71. The summed E-state index contributed by atoms with van der Waals surface area (Å²) in [5, 5.41) is 7.94. The topological polar surface area (TPSA) is 30.7 Å². The number of halogens is 1. The molecule has 1 aromatic rings. The zero-order chi connectivity index (χ0) is 9.14. The van der Waals surface area contributed by atoms with Crippen LogP contribution in [0, 0.1) is 0 Å². The zero-order valence-electron chi connectivity index (χ0n) is 7.66. The van der Waals surface area contributed by atoms with E-state index in [2.05, 4.69) is 47.0 Å². The fraction of sp³-hybridized carbons (Fsp3) is 0.750. The molecule has 0 bridgehead atoms. The van der Waals surface area contributed by atoms with Gasteiger partial charge in [0.2, 0.25) is 0 Å². The first-order valence-electron chi connectivity index (χ1n) is 4.21. The van der Waals surface area contributed by atoms with Crippen LogP contribution in [0.2, 0.25) is 0 Å². The van der Waals surface area contributed by atoms with Gasteiger partial charge < -0.3 is 0 Å². The van der Waals surface area contributed by atoms with Gasteiger partial charge in [0, 0.05) is 0 Å². The molecule has 1 heterocycles. The van der Waals surface area contributed by atoms with Crippen molar-refractivity contribution in [2.24, 2.45) is 0 Å². The van der Waals surface area contributed by atoms with E-state index in [0.717, 1.165) is 12.1 Å². The van der Waals surface area contributed by atoms with Crippen LogP contribution in [0.1, 0.15) is 43.8 Å². The second-order valence-corrected chi connectivity index (χ2v) is 4.35. The van der Waals surface area contributed by atoms with Gasteiger partial charge in [-0.1, -0.05) is 28.1 Å². The highest BCUT2D eigenvalue weighted by molar-refractivity contribution is 9.09. The van der Waals surface area contributed by atoms with E-state index in [0.29, 0.717) is 10.9 Å². The van der Waals surface area contributed by atoms with E-state index in [1.54, 1.807) is 0 Å². The van der Waals surface area contributed by atoms with Crippen molar-refractivity contribution >= 4 is 15.9 Å². The van der Waals surface area contributed by atoms with Gasteiger partial charge in [-0.25, -0.2) is 4.68 Å². The molecule has 0 spiro atoms. The van der Waals surface area contributed by atoms with Gasteiger partial charge in [-0.2, -0.15) is 0 Å². The average molecular weight is 232 g/mol. The van der Waals surface area contributed by atoms with Gasteiger partial charge in [0.1, 0.15) is 0 Å². The Bertz CT molecular complexity index is 244. The normalized spacial score (nSPS) is 16.0. The summed E-state index contributed by atoms with van der Waals surface area (Å²) in [6.07, 6.45) is 2.89. The molecule has 0 radical (unpaired) electrons. The predicted octanol–water partition coefficient (Wildman–Crippen LogP) is 2.71. The molecule has 2 unspecified atom stereocenters. The smallest absolute Gasteiger partial charge is 0.0736 e. The molecule has 0 N–H and O–H groups in total. The van der Waals surface area contributed by atoms with Crippen molar-refractivity contribution in [3.8, 4) is 0 Å². The highest BCUT2D eigenvalue weighted by Gasteiger charge is 2.12. The van der Waals surface area contributed by atoms with Crippen molar-refractivity contribution in [1.29, 1.82) is 0 Å². The van der Waals surface area contributed by atoms with E-state index < -0.39 is 0 Å². The number of hydrogen-bond donors (Lipinski definition) is 0. The van der Waals surface area contributed by atoms with Crippen molar-refractivity contribution in [3.63, 3.8) is 0 Å². The molecule has 68 valence electrons. The van der Waals surface area contributed by atoms with E-state index in [9.17, 15) is 0 Å². The highest BCUT2D eigenvalue weighted by atomic mass is 79.9. The lowest BCUT2D eigenvalue weighted by Crippen LogP contribution is -2.09. The van der Waals surface area contributed by atoms with E-state index in [1.807, 2.05) is 10.9 Å². The van der Waals surface area contributed by atoms with Crippen LogP contribution in [-0.4, -0.2) is 15.0 Å². The fourth-order valence-electron chi connectivity index (χ4n) is 1.05. The van der Waals surface area contributed by atoms with Crippen molar-refractivity contribution in [2.75, 3.05) is 0 Å². The van der Waals surface area contributed by atoms with Crippen molar-refractivity contribution in [3.05, 3.63) is 11.9 Å². The summed E-state index contributed by atoms with van der Waals surface area (Å²) < 4.78 is 1.97. The third-order valence-electron chi connectivity index (χ3n) is 2.02. The van der Waals surface area contributed by atoms with Crippen LogP contribution in [0.4, 0.5) is 0 Å². The summed E-state index contributed by atoms with van der Waals surface area (Å²) >= 11 is 3.51. The SMILES string of the molecule is CCC(C)n1nncc1C(C)Br. The number of aromatic nitrogens is 3. The molecule has 1 aromatic heterocycles. The van der Waals surface area contributed by atoms with Crippen LogP contribution < -0.4 is 0 Å². The lowest BCUT2D eigenvalue weighted by atomic mass is 10.2. The summed E-state index contributed by atoms with van der Waals surface area (Å²) in [4.78, 5) is 0.321. The fourth-order valence-corrected chi connectivity index (χ4v) is 1.38. The molecular formula is C8H14BrN3. The molecule has 12 heavy (non-hydrogen) atoms. The molecule has 0 amide bonds. The molecule has 0 aliphatic carbocycles. The molecule has 0 aliphatic rings. The Morgan fingerprint density at radius 3 is 2.75 bits per heavy atom. The Morgan fingerprint density at radius 1 is 1.58 bits per heavy atom. The van der Waals surface area contributed by atoms with Crippen LogP contribution in [0.5, 0.6) is 0 Å². The second-order valence-electron chi connectivity index (χ2n) is 2.98. The predicted molar refractivity (Wildman–Crippen MR) is 52.4 cm³/mol. The monoisotopic (exact) mass is 231 g/mol. The second kappa shape index (κ2) is 4.03. The minimum atomic E-state index is 0.321. The summed E-state index contributed by atoms with van der Waals surface area (Å²) in [5.41, 5.74) is 1.14. The largest absolute Gasteiger partial charge is 0.246 e. The van der Waals surface area contributed by atoms with Gasteiger partial charge in [0.05, 0.1) is 22.8 Å². The van der Waals surface area contributed by atoms with Crippen LogP contribution in [0.25, 0.3) is 0 Å². The molecule has 0 saturated carbocycles. The zero-order valence-corrected chi connectivity index (χ0v) is 9.24. The summed E-state index contributed by atoms with van der Waals surface area (Å²) in [6, 6.07) is 0.433. The van der Waals surface area contributed by atoms with Crippen LogP contribution >= 0.6 is 15.9 Å². The van der Waals surface area contributed by atoms with Crippen LogP contribution in [0.3, 0.4) is 0 Å². The van der Waals surface area contributed by atoms with Gasteiger partial charge in [-0.3, -0.25) is 0 Å². The molecular weight excluding hydrogens is 218 g/mol. The summed E-state index contributed by atoms with van der Waals surface area (Å²) in [5.74, 6) is 0. The van der Waals surface area contributed by atoms with Crippen LogP contribution in [0.15, 0.2) is 6.20 Å². The summed E-state index contributed by atoms with van der Waals surface area (Å²) in [6.45, 7) is 6.38. The summed E-state index contributed by atoms with van der Waals surface area (Å²) in [7, 11) is 0. The Hall–Kier alpha value is -0.380. The maximum absolute atomic E-state index is 4.04. The van der Waals surface area contributed by atoms with Gasteiger partial charge in [-0.05, 0) is 20.3 Å². The van der Waals surface area contributed by atoms with E-state index in [-0.39, 0.29) is 0 Å². The number of hydrogen-bond acceptors (Lipinski definition) is 2. The highest BCUT2D eigenvalue weighted by Crippen LogP contribution is 2.23. The Labute approximate surface area is 81.3 Å². The van der Waals surface area contributed by atoms with Crippen molar-refractivity contribution in [2.45, 2.75) is 38.1 Å². The molecule has 0 aliphatic heterocycles. The molecule has 3 nitrogen and oxygen atoms in total. The van der Waals surface area contributed by atoms with Crippen LogP contribution in [-0.2, 0) is 0 Å². The van der Waals surface area contributed by atoms with E-state index in [4.69, 9.17) is 0 Å². The number of alkyl halides is 1. The Balaban J connectivity index is 2.91. The van der Waals surface area contributed by atoms with Gasteiger partial charge >= 0.3 is 0 Å². The first-order chi connectivity index (χ1) is 5.66. The number of rotatable bonds is 3. The maximum Gasteiger partial charge on any atom is 0.0736 e. The Kier molecular flexibility index (Phi) is 3.26. The van der Waals surface area contributed by atoms with Gasteiger partial charge in [-0.15, -0.1) is 5.10 Å². The molecule has 0 aromatic carbocycles. The molecule has 2 atom stereocenters. The first-order valence-corrected chi connectivity index (χ1v) is 5.12. The minimum absolute atomic E-state index is 0.321. The molecule has 4 heteroatoms.